The van der Waals surface area contributed by atoms with Gasteiger partial charge in [0.2, 0.25) is 5.91 Å². The van der Waals surface area contributed by atoms with Gasteiger partial charge in [0.1, 0.15) is 6.54 Å². The molecule has 0 aliphatic carbocycles. The Labute approximate surface area is 203 Å². The van der Waals surface area contributed by atoms with E-state index < -0.39 is 11.1 Å². The van der Waals surface area contributed by atoms with Crippen LogP contribution in [0.4, 0.5) is 4.79 Å². The van der Waals surface area contributed by atoms with Crippen LogP contribution in [0.25, 0.3) is 6.08 Å². The fourth-order valence-corrected chi connectivity index (χ4v) is 4.78. The molecule has 3 amide bonds. The topological polar surface area (TPSA) is 76.2 Å². The highest BCUT2D eigenvalue weighted by atomic mass is 32.2. The molecule has 1 saturated heterocycles. The lowest BCUT2D eigenvalue weighted by molar-refractivity contribution is -0.136. The van der Waals surface area contributed by atoms with Gasteiger partial charge in [0, 0.05) is 13.1 Å². The van der Waals surface area contributed by atoms with E-state index in [-0.39, 0.29) is 17.4 Å². The standard InChI is InChI=1S/C26H28N2O5S/c1-3-13-33-21-10-9-18(14-22(21)32-4-2)15-23-25(30)28(26(31)34-23)17-24(29)27-12-11-19-7-5-6-8-20(19)16-27/h5-10,14-15H,3-4,11-13,16-17H2,1-2H3/b23-15-. The smallest absolute Gasteiger partial charge is 0.294 e. The molecule has 0 N–H and O–H groups in total. The van der Waals surface area contributed by atoms with Crippen molar-refractivity contribution < 1.29 is 23.9 Å². The van der Waals surface area contributed by atoms with Crippen molar-refractivity contribution in [3.05, 3.63) is 64.1 Å². The number of fused-ring (bicyclic) bond motifs is 1. The Hall–Kier alpha value is -3.26. The van der Waals surface area contributed by atoms with Gasteiger partial charge in [-0.25, -0.2) is 0 Å². The number of thioether (sulfide) groups is 1. The molecule has 1 fully saturated rings. The first-order valence-corrected chi connectivity index (χ1v) is 12.3. The Morgan fingerprint density at radius 1 is 1.06 bits per heavy atom. The quantitative estimate of drug-likeness (QED) is 0.518. The highest BCUT2D eigenvalue weighted by Gasteiger charge is 2.37. The maximum atomic E-state index is 12.9. The number of carbonyl (C=O) groups excluding carboxylic acids is 3. The third kappa shape index (κ3) is 5.28. The van der Waals surface area contributed by atoms with Crippen LogP contribution < -0.4 is 9.47 Å². The number of ether oxygens (including phenoxy) is 2. The second kappa shape index (κ2) is 10.8. The van der Waals surface area contributed by atoms with Gasteiger partial charge in [-0.05, 0) is 66.4 Å². The third-order valence-corrected chi connectivity index (χ3v) is 6.58. The number of amides is 3. The number of hydrogen-bond acceptors (Lipinski definition) is 6. The van der Waals surface area contributed by atoms with Gasteiger partial charge in [0.15, 0.2) is 11.5 Å². The lowest BCUT2D eigenvalue weighted by Gasteiger charge is -2.29. The largest absolute Gasteiger partial charge is 0.490 e. The summed E-state index contributed by atoms with van der Waals surface area (Å²) in [7, 11) is 0. The van der Waals surface area contributed by atoms with Gasteiger partial charge in [0.25, 0.3) is 11.1 Å². The van der Waals surface area contributed by atoms with E-state index in [2.05, 4.69) is 6.07 Å². The van der Waals surface area contributed by atoms with Crippen LogP contribution in [0.2, 0.25) is 0 Å². The first-order valence-electron chi connectivity index (χ1n) is 11.5. The number of imide groups is 1. The first-order chi connectivity index (χ1) is 16.5. The van der Waals surface area contributed by atoms with E-state index >= 15 is 0 Å². The summed E-state index contributed by atoms with van der Waals surface area (Å²) in [6.45, 7) is 5.79. The summed E-state index contributed by atoms with van der Waals surface area (Å²) in [5, 5.41) is -0.435. The molecule has 178 valence electrons. The normalized spacial score (nSPS) is 16.7. The van der Waals surface area contributed by atoms with Crippen LogP contribution in [0, 0.1) is 0 Å². The molecule has 2 aromatic carbocycles. The Balaban J connectivity index is 1.45. The van der Waals surface area contributed by atoms with E-state index in [1.165, 1.54) is 5.56 Å². The molecule has 0 bridgehead atoms. The molecule has 2 aromatic rings. The number of rotatable bonds is 8. The highest BCUT2D eigenvalue weighted by molar-refractivity contribution is 8.18. The first kappa shape index (κ1) is 23.9. The van der Waals surface area contributed by atoms with E-state index in [1.54, 1.807) is 23.1 Å². The SMILES string of the molecule is CCCOc1ccc(/C=C2\SC(=O)N(CC(=O)N3CCc4ccccc4C3)C2=O)cc1OCC. The molecule has 2 heterocycles. The van der Waals surface area contributed by atoms with Gasteiger partial charge < -0.3 is 14.4 Å². The predicted molar refractivity (Wildman–Crippen MR) is 132 cm³/mol. The highest BCUT2D eigenvalue weighted by Crippen LogP contribution is 2.35. The van der Waals surface area contributed by atoms with Crippen LogP contribution in [-0.2, 0) is 22.6 Å². The van der Waals surface area contributed by atoms with Crippen LogP contribution >= 0.6 is 11.8 Å². The van der Waals surface area contributed by atoms with E-state index in [0.29, 0.717) is 37.8 Å². The van der Waals surface area contributed by atoms with Gasteiger partial charge in [0.05, 0.1) is 18.1 Å². The zero-order valence-corrected chi connectivity index (χ0v) is 20.2. The summed E-state index contributed by atoms with van der Waals surface area (Å²) in [4.78, 5) is 41.4. The van der Waals surface area contributed by atoms with Gasteiger partial charge >= 0.3 is 0 Å². The molecular weight excluding hydrogens is 452 g/mol. The zero-order chi connectivity index (χ0) is 24.1. The number of benzene rings is 2. The number of hydrogen-bond donors (Lipinski definition) is 0. The minimum atomic E-state index is -0.454. The Morgan fingerprint density at radius 3 is 2.62 bits per heavy atom. The summed E-state index contributed by atoms with van der Waals surface area (Å²) >= 11 is 0.847. The van der Waals surface area contributed by atoms with Crippen molar-refractivity contribution in [2.75, 3.05) is 26.3 Å². The van der Waals surface area contributed by atoms with E-state index in [4.69, 9.17) is 9.47 Å². The summed E-state index contributed by atoms with van der Waals surface area (Å²) in [6.07, 6.45) is 3.30. The van der Waals surface area contributed by atoms with Crippen molar-refractivity contribution >= 4 is 34.9 Å². The van der Waals surface area contributed by atoms with Crippen molar-refractivity contribution in [3.8, 4) is 11.5 Å². The molecule has 2 aliphatic rings. The molecule has 34 heavy (non-hydrogen) atoms. The van der Waals surface area contributed by atoms with Gasteiger partial charge in [-0.15, -0.1) is 0 Å². The second-order valence-electron chi connectivity index (χ2n) is 8.09. The number of nitrogens with zero attached hydrogens (tertiary/aromatic N) is 2. The monoisotopic (exact) mass is 480 g/mol. The molecule has 0 aromatic heterocycles. The molecule has 0 saturated carbocycles. The van der Waals surface area contributed by atoms with Crippen molar-refractivity contribution in [3.63, 3.8) is 0 Å². The molecule has 0 radical (unpaired) electrons. The minimum Gasteiger partial charge on any atom is -0.490 e. The fraction of sp³-hybridized carbons (Fsp3) is 0.346. The fourth-order valence-electron chi connectivity index (χ4n) is 3.95. The second-order valence-corrected chi connectivity index (χ2v) is 9.08. The predicted octanol–water partition coefficient (Wildman–Crippen LogP) is 4.50. The molecular formula is C26H28N2O5S. The van der Waals surface area contributed by atoms with E-state index in [9.17, 15) is 14.4 Å². The molecule has 0 unspecified atom stereocenters. The van der Waals surface area contributed by atoms with Crippen molar-refractivity contribution in [1.29, 1.82) is 0 Å². The Kier molecular flexibility index (Phi) is 7.57. The maximum Gasteiger partial charge on any atom is 0.294 e. The average Bonchev–Trinajstić information content (AvgIpc) is 3.10. The Bertz CT molecular complexity index is 1130. The van der Waals surface area contributed by atoms with Crippen molar-refractivity contribution in [2.45, 2.75) is 33.2 Å². The molecule has 0 atom stereocenters. The molecule has 2 aliphatic heterocycles. The minimum absolute atomic E-state index is 0.228. The molecule has 8 heteroatoms. The third-order valence-electron chi connectivity index (χ3n) is 5.68. The van der Waals surface area contributed by atoms with Crippen molar-refractivity contribution in [2.24, 2.45) is 0 Å². The average molecular weight is 481 g/mol. The molecule has 7 nitrogen and oxygen atoms in total. The zero-order valence-electron chi connectivity index (χ0n) is 19.4. The summed E-state index contributed by atoms with van der Waals surface area (Å²) < 4.78 is 11.4. The van der Waals surface area contributed by atoms with Crippen LogP contribution in [0.15, 0.2) is 47.4 Å². The van der Waals surface area contributed by atoms with E-state index in [0.717, 1.165) is 40.6 Å². The number of carbonyl (C=O) groups is 3. The maximum absolute atomic E-state index is 12.9. The molecule has 4 rings (SSSR count). The van der Waals surface area contributed by atoms with Gasteiger partial charge in [-0.1, -0.05) is 37.3 Å². The summed E-state index contributed by atoms with van der Waals surface area (Å²) in [6, 6.07) is 13.4. The Morgan fingerprint density at radius 2 is 1.85 bits per heavy atom. The van der Waals surface area contributed by atoms with Crippen LogP contribution in [0.1, 0.15) is 37.0 Å². The van der Waals surface area contributed by atoms with Gasteiger partial charge in [-0.2, -0.15) is 0 Å². The lowest BCUT2D eigenvalue weighted by Crippen LogP contribution is -2.44. The van der Waals surface area contributed by atoms with Gasteiger partial charge in [-0.3, -0.25) is 19.3 Å². The van der Waals surface area contributed by atoms with Crippen molar-refractivity contribution in [1.82, 2.24) is 9.80 Å². The lowest BCUT2D eigenvalue weighted by atomic mass is 10.00. The summed E-state index contributed by atoms with van der Waals surface area (Å²) in [5.41, 5.74) is 3.06. The van der Waals surface area contributed by atoms with Crippen LogP contribution in [0.3, 0.4) is 0 Å². The van der Waals surface area contributed by atoms with Crippen LogP contribution in [-0.4, -0.2) is 53.2 Å². The summed E-state index contributed by atoms with van der Waals surface area (Å²) in [5.74, 6) is 0.547. The van der Waals surface area contributed by atoms with E-state index in [1.807, 2.05) is 38.1 Å². The van der Waals surface area contributed by atoms with Crippen LogP contribution in [0.5, 0.6) is 11.5 Å². The molecule has 0 spiro atoms.